The minimum absolute atomic E-state index is 0.127. The smallest absolute Gasteiger partial charge is 0.250 e. The van der Waals surface area contributed by atoms with Gasteiger partial charge in [-0.3, -0.25) is 14.9 Å². The summed E-state index contributed by atoms with van der Waals surface area (Å²) in [4.78, 5) is 28.6. The van der Waals surface area contributed by atoms with Crippen molar-refractivity contribution in [2.75, 3.05) is 24.4 Å². The molecule has 0 spiro atoms. The SMILES string of the molecule is CCOc1ccc(/C=C/C(=O)Nc2nc3scc(-c4ccc(NC(C)=O)cc4)n3n2)cc1OC. The number of hydrogen-bond acceptors (Lipinski definition) is 7. The zero-order valence-electron chi connectivity index (χ0n) is 18.9. The molecule has 4 rings (SSSR count). The number of benzene rings is 2. The van der Waals surface area contributed by atoms with E-state index < -0.39 is 0 Å². The summed E-state index contributed by atoms with van der Waals surface area (Å²) in [6.07, 6.45) is 3.08. The van der Waals surface area contributed by atoms with Crippen LogP contribution in [0.2, 0.25) is 0 Å². The number of ether oxygens (including phenoxy) is 2. The molecule has 0 radical (unpaired) electrons. The Labute approximate surface area is 200 Å². The van der Waals surface area contributed by atoms with E-state index in [-0.39, 0.29) is 17.8 Å². The zero-order chi connectivity index (χ0) is 24.1. The van der Waals surface area contributed by atoms with Crippen LogP contribution in [0, 0.1) is 0 Å². The maximum Gasteiger partial charge on any atom is 0.250 e. The number of methoxy groups -OCH3 is 1. The highest BCUT2D eigenvalue weighted by Crippen LogP contribution is 2.29. The summed E-state index contributed by atoms with van der Waals surface area (Å²) in [6.45, 7) is 3.90. The van der Waals surface area contributed by atoms with Crippen molar-refractivity contribution in [3.63, 3.8) is 0 Å². The first-order chi connectivity index (χ1) is 16.5. The van der Waals surface area contributed by atoms with Crippen molar-refractivity contribution in [1.29, 1.82) is 0 Å². The summed E-state index contributed by atoms with van der Waals surface area (Å²) >= 11 is 1.42. The summed E-state index contributed by atoms with van der Waals surface area (Å²) < 4.78 is 12.5. The van der Waals surface area contributed by atoms with Crippen LogP contribution in [0.4, 0.5) is 11.6 Å². The fraction of sp³-hybridized carbons (Fsp3) is 0.167. The Kier molecular flexibility index (Phi) is 6.88. The Morgan fingerprint density at radius 3 is 2.62 bits per heavy atom. The molecule has 0 saturated heterocycles. The number of amides is 2. The Morgan fingerprint density at radius 1 is 1.12 bits per heavy atom. The van der Waals surface area contributed by atoms with E-state index in [2.05, 4.69) is 20.7 Å². The van der Waals surface area contributed by atoms with Gasteiger partial charge in [-0.05, 0) is 42.8 Å². The van der Waals surface area contributed by atoms with Gasteiger partial charge >= 0.3 is 0 Å². The van der Waals surface area contributed by atoms with Crippen LogP contribution in [0.5, 0.6) is 11.5 Å². The molecule has 0 aliphatic heterocycles. The van der Waals surface area contributed by atoms with E-state index in [1.54, 1.807) is 29.8 Å². The molecule has 2 aromatic heterocycles. The fourth-order valence-corrected chi connectivity index (χ4v) is 4.08. The molecule has 2 amide bonds. The first kappa shape index (κ1) is 23.0. The van der Waals surface area contributed by atoms with Gasteiger partial charge in [0.05, 0.1) is 19.4 Å². The first-order valence-corrected chi connectivity index (χ1v) is 11.4. The van der Waals surface area contributed by atoms with E-state index in [0.717, 1.165) is 16.8 Å². The molecule has 0 aliphatic carbocycles. The molecule has 0 unspecified atom stereocenters. The second kappa shape index (κ2) is 10.2. The molecule has 0 bridgehead atoms. The number of nitrogens with zero attached hydrogens (tertiary/aromatic N) is 3. The van der Waals surface area contributed by atoms with Crippen molar-refractivity contribution >= 4 is 45.8 Å². The van der Waals surface area contributed by atoms with Crippen LogP contribution >= 0.6 is 11.3 Å². The molecule has 0 fully saturated rings. The molecule has 2 aromatic carbocycles. The van der Waals surface area contributed by atoms with Gasteiger partial charge in [0.1, 0.15) is 0 Å². The van der Waals surface area contributed by atoms with Gasteiger partial charge in [0, 0.05) is 29.6 Å². The molecule has 2 heterocycles. The third-order valence-corrected chi connectivity index (χ3v) is 5.55. The van der Waals surface area contributed by atoms with Gasteiger partial charge < -0.3 is 14.8 Å². The minimum atomic E-state index is -0.354. The van der Waals surface area contributed by atoms with E-state index in [0.29, 0.717) is 28.8 Å². The fourth-order valence-electron chi connectivity index (χ4n) is 3.25. The molecule has 0 saturated carbocycles. The van der Waals surface area contributed by atoms with Gasteiger partial charge in [0.15, 0.2) is 11.5 Å². The predicted molar refractivity (Wildman–Crippen MR) is 132 cm³/mol. The zero-order valence-corrected chi connectivity index (χ0v) is 19.7. The van der Waals surface area contributed by atoms with Crippen LogP contribution in [0.15, 0.2) is 53.9 Å². The van der Waals surface area contributed by atoms with Crippen molar-refractivity contribution in [2.45, 2.75) is 13.8 Å². The quantitative estimate of drug-likeness (QED) is 0.363. The predicted octanol–water partition coefficient (Wildman–Crippen LogP) is 4.48. The summed E-state index contributed by atoms with van der Waals surface area (Å²) in [5.74, 6) is 0.972. The molecule has 10 heteroatoms. The van der Waals surface area contributed by atoms with Crippen LogP contribution in [-0.2, 0) is 9.59 Å². The van der Waals surface area contributed by atoms with Gasteiger partial charge in [-0.1, -0.05) is 18.2 Å². The Balaban J connectivity index is 1.46. The lowest BCUT2D eigenvalue weighted by Gasteiger charge is -2.09. The highest BCUT2D eigenvalue weighted by atomic mass is 32.1. The molecule has 34 heavy (non-hydrogen) atoms. The Morgan fingerprint density at radius 2 is 1.91 bits per heavy atom. The van der Waals surface area contributed by atoms with Gasteiger partial charge in [-0.2, -0.15) is 4.98 Å². The van der Waals surface area contributed by atoms with Crippen molar-refractivity contribution in [3.05, 3.63) is 59.5 Å². The lowest BCUT2D eigenvalue weighted by atomic mass is 10.1. The maximum atomic E-state index is 12.4. The lowest BCUT2D eigenvalue weighted by molar-refractivity contribution is -0.114. The van der Waals surface area contributed by atoms with Gasteiger partial charge in [-0.15, -0.1) is 16.4 Å². The molecular formula is C24H23N5O4S. The van der Waals surface area contributed by atoms with E-state index >= 15 is 0 Å². The van der Waals surface area contributed by atoms with Crippen LogP contribution in [-0.4, -0.2) is 40.1 Å². The van der Waals surface area contributed by atoms with Crippen molar-refractivity contribution in [1.82, 2.24) is 14.6 Å². The number of fused-ring (bicyclic) bond motifs is 1. The first-order valence-electron chi connectivity index (χ1n) is 10.5. The van der Waals surface area contributed by atoms with Gasteiger partial charge in [0.25, 0.3) is 11.9 Å². The number of carbonyl (C=O) groups is 2. The summed E-state index contributed by atoms with van der Waals surface area (Å²) in [5.41, 5.74) is 3.25. The number of anilines is 2. The number of nitrogens with one attached hydrogen (secondary N) is 2. The van der Waals surface area contributed by atoms with Gasteiger partial charge in [0.2, 0.25) is 10.9 Å². The standard InChI is InChI=1S/C24H23N5O4S/c1-4-33-20-11-5-16(13-21(20)32-3)6-12-22(31)26-23-27-24-29(28-23)19(14-34-24)17-7-9-18(10-8-17)25-15(2)30/h5-14H,4H2,1-3H3,(H,25,30)(H,26,28,31)/b12-6+. The molecule has 174 valence electrons. The lowest BCUT2D eigenvalue weighted by Crippen LogP contribution is -2.09. The average Bonchev–Trinajstić information content (AvgIpc) is 3.39. The molecule has 2 N–H and O–H groups in total. The van der Waals surface area contributed by atoms with Crippen molar-refractivity contribution in [2.24, 2.45) is 0 Å². The third kappa shape index (κ3) is 5.24. The second-order valence-electron chi connectivity index (χ2n) is 7.18. The Hall–Kier alpha value is -4.18. The normalized spacial score (nSPS) is 11.0. The number of rotatable bonds is 8. The molecule has 0 atom stereocenters. The summed E-state index contributed by atoms with van der Waals surface area (Å²) in [7, 11) is 1.57. The average molecular weight is 478 g/mol. The largest absolute Gasteiger partial charge is 0.493 e. The van der Waals surface area contributed by atoms with Crippen LogP contribution in [0.3, 0.4) is 0 Å². The van der Waals surface area contributed by atoms with Crippen molar-refractivity contribution in [3.8, 4) is 22.8 Å². The number of aromatic nitrogens is 3. The number of hydrogen-bond donors (Lipinski definition) is 2. The van der Waals surface area contributed by atoms with Crippen LogP contribution in [0.1, 0.15) is 19.4 Å². The number of carbonyl (C=O) groups excluding carboxylic acids is 2. The van der Waals surface area contributed by atoms with E-state index in [1.165, 1.54) is 24.3 Å². The molecule has 0 aliphatic rings. The molecular weight excluding hydrogens is 454 g/mol. The van der Waals surface area contributed by atoms with E-state index in [4.69, 9.17) is 9.47 Å². The number of thiazole rings is 1. The molecule has 4 aromatic rings. The highest BCUT2D eigenvalue weighted by Gasteiger charge is 2.13. The van der Waals surface area contributed by atoms with Crippen LogP contribution < -0.4 is 20.1 Å². The maximum absolute atomic E-state index is 12.4. The second-order valence-corrected chi connectivity index (χ2v) is 8.01. The minimum Gasteiger partial charge on any atom is -0.493 e. The van der Waals surface area contributed by atoms with Gasteiger partial charge in [-0.25, -0.2) is 4.52 Å². The summed E-state index contributed by atoms with van der Waals surface area (Å²) in [5, 5.41) is 11.8. The monoisotopic (exact) mass is 477 g/mol. The topological polar surface area (TPSA) is 107 Å². The highest BCUT2D eigenvalue weighted by molar-refractivity contribution is 7.15. The third-order valence-electron chi connectivity index (χ3n) is 4.73. The van der Waals surface area contributed by atoms with Crippen LogP contribution in [0.25, 0.3) is 22.3 Å². The van der Waals surface area contributed by atoms with Crippen molar-refractivity contribution < 1.29 is 19.1 Å². The van der Waals surface area contributed by atoms with E-state index in [1.807, 2.05) is 42.6 Å². The molecule has 9 nitrogen and oxygen atoms in total. The Bertz CT molecular complexity index is 1360. The summed E-state index contributed by atoms with van der Waals surface area (Å²) in [6, 6.07) is 12.9. The van der Waals surface area contributed by atoms with E-state index in [9.17, 15) is 9.59 Å².